The summed E-state index contributed by atoms with van der Waals surface area (Å²) in [6, 6.07) is 7.37. The Bertz CT molecular complexity index is 781. The minimum atomic E-state index is -0.550. The lowest BCUT2D eigenvalue weighted by molar-refractivity contribution is -0.141. The van der Waals surface area contributed by atoms with Gasteiger partial charge in [0.05, 0.1) is 24.0 Å². The first-order valence-electron chi connectivity index (χ1n) is 11.0. The van der Waals surface area contributed by atoms with Crippen molar-refractivity contribution >= 4 is 29.5 Å². The molecule has 1 aromatic rings. The van der Waals surface area contributed by atoms with Crippen LogP contribution in [0.3, 0.4) is 0 Å². The fraction of sp³-hybridized carbons (Fsp3) is 0.609. The van der Waals surface area contributed by atoms with Crippen molar-refractivity contribution in [1.29, 1.82) is 0 Å². The van der Waals surface area contributed by atoms with E-state index in [1.807, 2.05) is 24.9 Å². The SMILES string of the molecule is CC1CN(C(=O)COC(=O)c2ccccc2SCC(=O)N(C)C2CCCCC2)CCO1. The van der Waals surface area contributed by atoms with E-state index in [4.69, 9.17) is 9.47 Å². The Morgan fingerprint density at radius 3 is 2.68 bits per heavy atom. The van der Waals surface area contributed by atoms with Crippen LogP contribution in [0.5, 0.6) is 0 Å². The number of nitrogens with zero attached hydrogens (tertiary/aromatic N) is 2. The van der Waals surface area contributed by atoms with Crippen molar-refractivity contribution in [3.63, 3.8) is 0 Å². The molecule has 8 heteroatoms. The molecule has 2 aliphatic rings. The maximum Gasteiger partial charge on any atom is 0.339 e. The van der Waals surface area contributed by atoms with Crippen molar-refractivity contribution in [2.45, 2.75) is 56.1 Å². The summed E-state index contributed by atoms with van der Waals surface area (Å²) in [7, 11) is 1.87. The van der Waals surface area contributed by atoms with E-state index >= 15 is 0 Å². The van der Waals surface area contributed by atoms with Crippen molar-refractivity contribution in [2.75, 3.05) is 39.1 Å². The van der Waals surface area contributed by atoms with Gasteiger partial charge >= 0.3 is 5.97 Å². The van der Waals surface area contributed by atoms with Crippen LogP contribution in [0.15, 0.2) is 29.2 Å². The number of thioether (sulfide) groups is 1. The lowest BCUT2D eigenvalue weighted by Gasteiger charge is -2.31. The zero-order chi connectivity index (χ0) is 22.2. The average molecular weight is 449 g/mol. The second-order valence-corrected chi connectivity index (χ2v) is 9.20. The number of amides is 2. The summed E-state index contributed by atoms with van der Waals surface area (Å²) in [5.41, 5.74) is 0.378. The molecule has 1 saturated heterocycles. The van der Waals surface area contributed by atoms with Crippen LogP contribution in [0.1, 0.15) is 49.4 Å². The number of esters is 1. The Hall–Kier alpha value is -2.06. The molecule has 1 aliphatic heterocycles. The molecule has 31 heavy (non-hydrogen) atoms. The quantitative estimate of drug-likeness (QED) is 0.472. The van der Waals surface area contributed by atoms with E-state index in [9.17, 15) is 14.4 Å². The molecule has 1 atom stereocenters. The molecule has 1 aromatic carbocycles. The third-order valence-corrected chi connectivity index (χ3v) is 6.95. The van der Waals surface area contributed by atoms with E-state index in [2.05, 4.69) is 0 Å². The van der Waals surface area contributed by atoms with Crippen molar-refractivity contribution in [1.82, 2.24) is 9.80 Å². The smallest absolute Gasteiger partial charge is 0.339 e. The van der Waals surface area contributed by atoms with Gasteiger partial charge < -0.3 is 19.3 Å². The largest absolute Gasteiger partial charge is 0.452 e. The molecule has 2 fully saturated rings. The summed E-state index contributed by atoms with van der Waals surface area (Å²) in [4.78, 5) is 41.8. The minimum Gasteiger partial charge on any atom is -0.452 e. The highest BCUT2D eigenvalue weighted by molar-refractivity contribution is 8.00. The molecule has 2 amide bonds. The molecule has 0 aromatic heterocycles. The molecule has 1 aliphatic carbocycles. The third kappa shape index (κ3) is 6.71. The van der Waals surface area contributed by atoms with Gasteiger partial charge in [0.15, 0.2) is 6.61 Å². The third-order valence-electron chi connectivity index (χ3n) is 5.89. The molecule has 0 N–H and O–H groups in total. The van der Waals surface area contributed by atoms with E-state index in [1.165, 1.54) is 31.0 Å². The van der Waals surface area contributed by atoms with Gasteiger partial charge in [0.1, 0.15) is 0 Å². The highest BCUT2D eigenvalue weighted by Gasteiger charge is 2.24. The lowest BCUT2D eigenvalue weighted by Crippen LogP contribution is -2.46. The van der Waals surface area contributed by atoms with Crippen LogP contribution in [0, 0.1) is 0 Å². The molecule has 3 rings (SSSR count). The predicted molar refractivity (Wildman–Crippen MR) is 119 cm³/mol. The Kier molecular flexibility index (Phi) is 8.78. The second-order valence-electron chi connectivity index (χ2n) is 8.18. The molecule has 0 spiro atoms. The second kappa shape index (κ2) is 11.5. The molecule has 1 heterocycles. The minimum absolute atomic E-state index is 0.0187. The molecule has 170 valence electrons. The van der Waals surface area contributed by atoms with Gasteiger partial charge in [-0.1, -0.05) is 31.4 Å². The maximum atomic E-state index is 12.6. The molecule has 1 unspecified atom stereocenters. The van der Waals surface area contributed by atoms with Crippen LogP contribution in [-0.4, -0.2) is 78.8 Å². The Morgan fingerprint density at radius 1 is 1.19 bits per heavy atom. The van der Waals surface area contributed by atoms with Crippen LogP contribution < -0.4 is 0 Å². The summed E-state index contributed by atoms with van der Waals surface area (Å²) >= 11 is 1.33. The van der Waals surface area contributed by atoms with Crippen molar-refractivity contribution in [3.8, 4) is 0 Å². The average Bonchev–Trinajstić information content (AvgIpc) is 2.81. The van der Waals surface area contributed by atoms with Crippen molar-refractivity contribution in [2.24, 2.45) is 0 Å². The van der Waals surface area contributed by atoms with E-state index in [0.717, 1.165) is 12.8 Å². The van der Waals surface area contributed by atoms with Crippen LogP contribution in [0.25, 0.3) is 0 Å². The normalized spacial score (nSPS) is 19.7. The Morgan fingerprint density at radius 2 is 1.94 bits per heavy atom. The number of carbonyl (C=O) groups excluding carboxylic acids is 3. The monoisotopic (exact) mass is 448 g/mol. The molecule has 7 nitrogen and oxygen atoms in total. The number of hydrogen-bond acceptors (Lipinski definition) is 6. The first kappa shape index (κ1) is 23.6. The highest BCUT2D eigenvalue weighted by atomic mass is 32.2. The molecule has 1 saturated carbocycles. The van der Waals surface area contributed by atoms with E-state index < -0.39 is 5.97 Å². The Balaban J connectivity index is 1.52. The van der Waals surface area contributed by atoms with Gasteiger partial charge in [0, 0.05) is 31.1 Å². The summed E-state index contributed by atoms with van der Waals surface area (Å²) < 4.78 is 10.7. The van der Waals surface area contributed by atoms with Gasteiger partial charge in [-0.3, -0.25) is 9.59 Å². The van der Waals surface area contributed by atoms with Crippen LogP contribution >= 0.6 is 11.8 Å². The summed E-state index contributed by atoms with van der Waals surface area (Å²) in [5.74, 6) is -0.442. The maximum absolute atomic E-state index is 12.6. The number of morpholine rings is 1. The molecule has 0 bridgehead atoms. The molecular weight excluding hydrogens is 416 g/mol. The van der Waals surface area contributed by atoms with Crippen molar-refractivity contribution < 1.29 is 23.9 Å². The standard InChI is InChI=1S/C23H32N2O5S/c1-17-14-25(12-13-29-17)21(26)15-30-23(28)19-10-6-7-11-20(19)31-16-22(27)24(2)18-8-4-3-5-9-18/h6-7,10-11,17-18H,3-5,8-9,12-16H2,1-2H3. The number of rotatable bonds is 7. The predicted octanol–water partition coefficient (Wildman–Crippen LogP) is 2.97. The number of benzene rings is 1. The zero-order valence-corrected chi connectivity index (χ0v) is 19.2. The topological polar surface area (TPSA) is 76.2 Å². The molecular formula is C23H32N2O5S. The number of ether oxygens (including phenoxy) is 2. The Labute approximate surface area is 188 Å². The first-order chi connectivity index (χ1) is 15.0. The summed E-state index contributed by atoms with van der Waals surface area (Å²) in [5, 5.41) is 0. The van der Waals surface area contributed by atoms with Gasteiger partial charge in [0.25, 0.3) is 5.91 Å². The van der Waals surface area contributed by atoms with Crippen LogP contribution in [0.2, 0.25) is 0 Å². The van der Waals surface area contributed by atoms with Crippen LogP contribution in [-0.2, 0) is 19.1 Å². The van der Waals surface area contributed by atoms with E-state index in [1.54, 1.807) is 23.1 Å². The summed E-state index contributed by atoms with van der Waals surface area (Å²) in [6.07, 6.45) is 5.70. The first-order valence-corrected chi connectivity index (χ1v) is 12.0. The fourth-order valence-corrected chi connectivity index (χ4v) is 4.98. The van der Waals surface area contributed by atoms with Gasteiger partial charge in [-0.15, -0.1) is 11.8 Å². The van der Waals surface area contributed by atoms with Gasteiger partial charge in [-0.2, -0.15) is 0 Å². The highest BCUT2D eigenvalue weighted by Crippen LogP contribution is 2.26. The van der Waals surface area contributed by atoms with Crippen molar-refractivity contribution in [3.05, 3.63) is 29.8 Å². The summed E-state index contributed by atoms with van der Waals surface area (Å²) in [6.45, 7) is 3.10. The number of carbonyl (C=O) groups is 3. The van der Waals surface area contributed by atoms with Gasteiger partial charge in [0.2, 0.25) is 5.91 Å². The number of hydrogen-bond donors (Lipinski definition) is 0. The molecule has 0 radical (unpaired) electrons. The van der Waals surface area contributed by atoms with Gasteiger partial charge in [-0.05, 0) is 31.9 Å². The van der Waals surface area contributed by atoms with E-state index in [-0.39, 0.29) is 30.3 Å². The lowest BCUT2D eigenvalue weighted by atomic mass is 9.94. The fourth-order valence-electron chi connectivity index (χ4n) is 4.02. The van der Waals surface area contributed by atoms with E-state index in [0.29, 0.717) is 36.2 Å². The zero-order valence-electron chi connectivity index (χ0n) is 18.4. The van der Waals surface area contributed by atoms with Crippen LogP contribution in [0.4, 0.5) is 0 Å². The van der Waals surface area contributed by atoms with Gasteiger partial charge in [-0.25, -0.2) is 4.79 Å².